The first-order valence-corrected chi connectivity index (χ1v) is 9.51. The van der Waals surface area contributed by atoms with Crippen molar-refractivity contribution in [2.45, 2.75) is 17.9 Å². The molecule has 0 saturated carbocycles. The first-order chi connectivity index (χ1) is 11.3. The highest BCUT2D eigenvalue weighted by molar-refractivity contribution is 9.10. The molecule has 0 aromatic heterocycles. The van der Waals surface area contributed by atoms with Crippen LogP contribution in [0.3, 0.4) is 0 Å². The summed E-state index contributed by atoms with van der Waals surface area (Å²) in [6, 6.07) is 13.4. The van der Waals surface area contributed by atoms with Crippen molar-refractivity contribution in [3.05, 3.63) is 58.6 Å². The molecule has 0 saturated heterocycles. The standard InChI is InChI=1S/C16H18BrN3O3S/c1-11(12-2-8-15(9-3-12)24(18,22)23)20-16(21)10-19-14-6-4-13(17)5-7-14/h2-9,11,19H,10H2,1H3,(H,20,21)(H2,18,22,23)/t11-/m0/s1. The van der Waals surface area contributed by atoms with Crippen LogP contribution in [0.15, 0.2) is 57.9 Å². The minimum Gasteiger partial charge on any atom is -0.376 e. The van der Waals surface area contributed by atoms with Crippen LogP contribution in [-0.4, -0.2) is 20.9 Å². The van der Waals surface area contributed by atoms with E-state index >= 15 is 0 Å². The van der Waals surface area contributed by atoms with E-state index in [4.69, 9.17) is 5.14 Å². The second-order valence-electron chi connectivity index (χ2n) is 5.26. The number of hydrogen-bond acceptors (Lipinski definition) is 4. The highest BCUT2D eigenvalue weighted by Crippen LogP contribution is 2.16. The molecule has 2 aromatic rings. The third-order valence-corrected chi connectivity index (χ3v) is 4.84. The molecule has 0 spiro atoms. The molecule has 1 amide bonds. The number of nitrogens with one attached hydrogen (secondary N) is 2. The highest BCUT2D eigenvalue weighted by atomic mass is 79.9. The van der Waals surface area contributed by atoms with E-state index in [0.29, 0.717) is 0 Å². The molecular weight excluding hydrogens is 394 g/mol. The van der Waals surface area contributed by atoms with Crippen LogP contribution in [0, 0.1) is 0 Å². The summed E-state index contributed by atoms with van der Waals surface area (Å²) in [6.45, 7) is 1.96. The van der Waals surface area contributed by atoms with Crippen LogP contribution in [0.2, 0.25) is 0 Å². The zero-order valence-corrected chi connectivity index (χ0v) is 15.4. The summed E-state index contributed by atoms with van der Waals surface area (Å²) in [4.78, 5) is 12.0. The molecule has 0 radical (unpaired) electrons. The highest BCUT2D eigenvalue weighted by Gasteiger charge is 2.12. The molecule has 0 aliphatic heterocycles. The molecule has 2 aromatic carbocycles. The number of rotatable bonds is 6. The van der Waals surface area contributed by atoms with E-state index in [-0.39, 0.29) is 23.4 Å². The van der Waals surface area contributed by atoms with Gasteiger partial charge in [0, 0.05) is 10.2 Å². The smallest absolute Gasteiger partial charge is 0.239 e. The van der Waals surface area contributed by atoms with Crippen molar-refractivity contribution < 1.29 is 13.2 Å². The lowest BCUT2D eigenvalue weighted by atomic mass is 10.1. The summed E-state index contributed by atoms with van der Waals surface area (Å²) in [7, 11) is -3.71. The Morgan fingerprint density at radius 2 is 1.71 bits per heavy atom. The van der Waals surface area contributed by atoms with E-state index in [0.717, 1.165) is 15.7 Å². The van der Waals surface area contributed by atoms with E-state index in [1.807, 2.05) is 31.2 Å². The molecule has 24 heavy (non-hydrogen) atoms. The molecule has 0 fully saturated rings. The summed E-state index contributed by atoms with van der Waals surface area (Å²) in [6.07, 6.45) is 0. The van der Waals surface area contributed by atoms with Crippen LogP contribution < -0.4 is 15.8 Å². The molecule has 0 heterocycles. The number of carbonyl (C=O) groups excluding carboxylic acids is 1. The van der Waals surface area contributed by atoms with Gasteiger partial charge in [-0.15, -0.1) is 0 Å². The Balaban J connectivity index is 1.90. The molecule has 128 valence electrons. The lowest BCUT2D eigenvalue weighted by Crippen LogP contribution is -2.32. The Labute approximate surface area is 149 Å². The number of halogens is 1. The number of amides is 1. The van der Waals surface area contributed by atoms with Crippen molar-refractivity contribution in [1.82, 2.24) is 5.32 Å². The maximum Gasteiger partial charge on any atom is 0.239 e. The van der Waals surface area contributed by atoms with Gasteiger partial charge in [0.2, 0.25) is 15.9 Å². The Kier molecular flexibility index (Phi) is 5.98. The predicted molar refractivity (Wildman–Crippen MR) is 97.0 cm³/mol. The summed E-state index contributed by atoms with van der Waals surface area (Å²) in [5, 5.41) is 10.9. The molecule has 2 rings (SSSR count). The average molecular weight is 412 g/mol. The fourth-order valence-electron chi connectivity index (χ4n) is 2.07. The number of sulfonamides is 1. The van der Waals surface area contributed by atoms with Gasteiger partial charge in [0.15, 0.2) is 0 Å². The molecule has 4 N–H and O–H groups in total. The molecular formula is C16H18BrN3O3S. The van der Waals surface area contributed by atoms with Crippen molar-refractivity contribution in [2.75, 3.05) is 11.9 Å². The molecule has 0 bridgehead atoms. The molecule has 0 unspecified atom stereocenters. The first-order valence-electron chi connectivity index (χ1n) is 7.17. The number of primary sulfonamides is 1. The van der Waals surface area contributed by atoms with Crippen molar-refractivity contribution in [1.29, 1.82) is 0 Å². The maximum atomic E-state index is 12.0. The molecule has 6 nitrogen and oxygen atoms in total. The topological polar surface area (TPSA) is 101 Å². The van der Waals surface area contributed by atoms with Gasteiger partial charge in [-0.3, -0.25) is 4.79 Å². The molecule has 0 aliphatic carbocycles. The van der Waals surface area contributed by atoms with E-state index in [1.54, 1.807) is 12.1 Å². The van der Waals surface area contributed by atoms with Crippen molar-refractivity contribution in [2.24, 2.45) is 5.14 Å². The third kappa shape index (κ3) is 5.33. The minimum atomic E-state index is -3.71. The zero-order chi connectivity index (χ0) is 17.7. The van der Waals surface area contributed by atoms with Crippen LogP contribution in [0.4, 0.5) is 5.69 Å². The number of benzene rings is 2. The minimum absolute atomic E-state index is 0.0432. The summed E-state index contributed by atoms with van der Waals surface area (Å²) in [5.41, 5.74) is 1.64. The Bertz CT molecular complexity index is 805. The fraction of sp³-hybridized carbons (Fsp3) is 0.188. The lowest BCUT2D eigenvalue weighted by Gasteiger charge is -2.15. The van der Waals surface area contributed by atoms with E-state index in [9.17, 15) is 13.2 Å². The van der Waals surface area contributed by atoms with E-state index in [1.165, 1.54) is 12.1 Å². The maximum absolute atomic E-state index is 12.0. The second kappa shape index (κ2) is 7.78. The second-order valence-corrected chi connectivity index (χ2v) is 7.74. The zero-order valence-electron chi connectivity index (χ0n) is 13.0. The van der Waals surface area contributed by atoms with Gasteiger partial charge < -0.3 is 10.6 Å². The molecule has 8 heteroatoms. The van der Waals surface area contributed by atoms with Crippen molar-refractivity contribution >= 4 is 37.5 Å². The van der Waals surface area contributed by atoms with Crippen molar-refractivity contribution in [3.63, 3.8) is 0 Å². The van der Waals surface area contributed by atoms with Crippen LogP contribution in [0.25, 0.3) is 0 Å². The fourth-order valence-corrected chi connectivity index (χ4v) is 2.85. The average Bonchev–Trinajstić information content (AvgIpc) is 2.53. The third-order valence-electron chi connectivity index (χ3n) is 3.38. The van der Waals surface area contributed by atoms with Crippen LogP contribution >= 0.6 is 15.9 Å². The van der Waals surface area contributed by atoms with Crippen molar-refractivity contribution in [3.8, 4) is 0 Å². The normalized spacial score (nSPS) is 12.5. The van der Waals surface area contributed by atoms with Gasteiger partial charge in [-0.2, -0.15) is 0 Å². The lowest BCUT2D eigenvalue weighted by molar-refractivity contribution is -0.120. The van der Waals surface area contributed by atoms with Crippen LogP contribution in [0.5, 0.6) is 0 Å². The van der Waals surface area contributed by atoms with Crippen LogP contribution in [-0.2, 0) is 14.8 Å². The number of carbonyl (C=O) groups is 1. The van der Waals surface area contributed by atoms with Gasteiger partial charge in [-0.1, -0.05) is 28.1 Å². The quantitative estimate of drug-likeness (QED) is 0.678. The summed E-state index contributed by atoms with van der Waals surface area (Å²) >= 11 is 3.35. The monoisotopic (exact) mass is 411 g/mol. The van der Waals surface area contributed by atoms with Gasteiger partial charge in [0.1, 0.15) is 0 Å². The predicted octanol–water partition coefficient (Wildman–Crippen LogP) is 2.39. The number of hydrogen-bond donors (Lipinski definition) is 3. The molecule has 0 aliphatic rings. The summed E-state index contributed by atoms with van der Waals surface area (Å²) in [5.74, 6) is -0.166. The van der Waals surface area contributed by atoms with Crippen LogP contribution in [0.1, 0.15) is 18.5 Å². The largest absolute Gasteiger partial charge is 0.376 e. The van der Waals surface area contributed by atoms with E-state index < -0.39 is 10.0 Å². The van der Waals surface area contributed by atoms with Gasteiger partial charge in [0.05, 0.1) is 17.5 Å². The SMILES string of the molecule is C[C@H](NC(=O)CNc1ccc(Br)cc1)c1ccc(S(N)(=O)=O)cc1. The van der Waals surface area contributed by atoms with Gasteiger partial charge in [-0.25, -0.2) is 13.6 Å². The van der Waals surface area contributed by atoms with Gasteiger partial charge >= 0.3 is 0 Å². The Hall–Kier alpha value is -1.90. The molecule has 1 atom stereocenters. The Morgan fingerprint density at radius 3 is 2.25 bits per heavy atom. The van der Waals surface area contributed by atoms with E-state index in [2.05, 4.69) is 26.6 Å². The van der Waals surface area contributed by atoms with Gasteiger partial charge in [0.25, 0.3) is 0 Å². The van der Waals surface area contributed by atoms with Gasteiger partial charge in [-0.05, 0) is 48.9 Å². The first kappa shape index (κ1) is 18.4. The Morgan fingerprint density at radius 1 is 1.12 bits per heavy atom. The number of anilines is 1. The number of nitrogens with two attached hydrogens (primary N) is 1. The summed E-state index contributed by atoms with van der Waals surface area (Å²) < 4.78 is 23.4.